The second-order valence-electron chi connectivity index (χ2n) is 7.38. The van der Waals surface area contributed by atoms with E-state index >= 15 is 0 Å². The van der Waals surface area contributed by atoms with Crippen LogP contribution in [0.1, 0.15) is 22.8 Å². The molecule has 0 spiro atoms. The second-order valence-corrected chi connectivity index (χ2v) is 8.39. The summed E-state index contributed by atoms with van der Waals surface area (Å²) < 4.78 is 11.1. The smallest absolute Gasteiger partial charge is 0.343 e. The number of benzene rings is 1. The Morgan fingerprint density at radius 1 is 1.18 bits per heavy atom. The molecule has 0 unspecified atom stereocenters. The van der Waals surface area contributed by atoms with E-state index in [-0.39, 0.29) is 18.1 Å². The van der Waals surface area contributed by atoms with Gasteiger partial charge in [-0.2, -0.15) is 4.98 Å². The number of ether oxygens (including phenoxy) is 2. The fourth-order valence-electron chi connectivity index (χ4n) is 3.73. The van der Waals surface area contributed by atoms with Crippen molar-refractivity contribution in [2.45, 2.75) is 13.5 Å². The van der Waals surface area contributed by atoms with Gasteiger partial charge in [0.05, 0.1) is 13.2 Å². The molecule has 1 aromatic carbocycles. The average Bonchev–Trinajstić information content (AvgIpc) is 3.04. The van der Waals surface area contributed by atoms with E-state index in [0.29, 0.717) is 30.6 Å². The number of fused-ring (bicyclic) bond motifs is 2. The standard InChI is InChI=1S/C22H21N7O3S/c1-2-31-20(30)15-10-26-21(23)28-18(15)29-5-6-32-17-4-3-12(7-14(17)11-29)13-8-16-19(25-9-13)33-22(24)27-16/h3-4,7-10H,2,5-6,11H2,1H3,(H2,24,27)(H2,23,26,28). The number of anilines is 3. The third kappa shape index (κ3) is 4.10. The molecule has 3 aromatic heterocycles. The van der Waals surface area contributed by atoms with Crippen molar-refractivity contribution in [3.8, 4) is 16.9 Å². The van der Waals surface area contributed by atoms with Crippen LogP contribution in [0, 0.1) is 0 Å². The lowest BCUT2D eigenvalue weighted by Crippen LogP contribution is -2.29. The van der Waals surface area contributed by atoms with Crippen molar-refractivity contribution in [1.82, 2.24) is 19.9 Å². The molecule has 4 N–H and O–H groups in total. The van der Waals surface area contributed by atoms with Crippen molar-refractivity contribution >= 4 is 44.6 Å². The van der Waals surface area contributed by atoms with Crippen LogP contribution in [0.3, 0.4) is 0 Å². The Bertz CT molecular complexity index is 1360. The number of rotatable bonds is 4. The number of carbonyl (C=O) groups excluding carboxylic acids is 1. The summed E-state index contributed by atoms with van der Waals surface area (Å²) in [5, 5.41) is 0.488. The first-order valence-electron chi connectivity index (χ1n) is 10.3. The number of hydrogen-bond acceptors (Lipinski definition) is 11. The minimum atomic E-state index is -0.492. The summed E-state index contributed by atoms with van der Waals surface area (Å²) in [6, 6.07) is 7.94. The lowest BCUT2D eigenvalue weighted by molar-refractivity contribution is 0.0526. The van der Waals surface area contributed by atoms with E-state index in [1.165, 1.54) is 17.5 Å². The molecule has 0 aliphatic carbocycles. The highest BCUT2D eigenvalue weighted by Gasteiger charge is 2.24. The third-order valence-electron chi connectivity index (χ3n) is 5.22. The summed E-state index contributed by atoms with van der Waals surface area (Å²) in [6.07, 6.45) is 3.21. The first kappa shape index (κ1) is 20.9. The van der Waals surface area contributed by atoms with Gasteiger partial charge in [0.15, 0.2) is 5.13 Å². The van der Waals surface area contributed by atoms with Crippen molar-refractivity contribution in [1.29, 1.82) is 0 Å². The molecule has 4 heterocycles. The Hall–Kier alpha value is -3.99. The van der Waals surface area contributed by atoms with Crippen molar-refractivity contribution in [3.05, 3.63) is 47.8 Å². The Morgan fingerprint density at radius 2 is 2.06 bits per heavy atom. The minimum Gasteiger partial charge on any atom is -0.491 e. The molecular weight excluding hydrogens is 442 g/mol. The minimum absolute atomic E-state index is 0.0825. The number of nitrogen functional groups attached to an aromatic ring is 2. The largest absolute Gasteiger partial charge is 0.491 e. The summed E-state index contributed by atoms with van der Waals surface area (Å²) in [4.78, 5) is 32.4. The molecule has 33 heavy (non-hydrogen) atoms. The van der Waals surface area contributed by atoms with Gasteiger partial charge >= 0.3 is 5.97 Å². The number of nitrogens with two attached hydrogens (primary N) is 2. The predicted octanol–water partition coefficient (Wildman–Crippen LogP) is 2.89. The van der Waals surface area contributed by atoms with Gasteiger partial charge < -0.3 is 25.8 Å². The lowest BCUT2D eigenvalue weighted by atomic mass is 10.0. The van der Waals surface area contributed by atoms with Gasteiger partial charge in [0.1, 0.15) is 34.1 Å². The van der Waals surface area contributed by atoms with Crippen LogP contribution in [0.2, 0.25) is 0 Å². The Kier molecular flexibility index (Phi) is 5.38. The normalized spacial score (nSPS) is 13.3. The van der Waals surface area contributed by atoms with Gasteiger partial charge in [0.2, 0.25) is 5.95 Å². The SMILES string of the molecule is CCOC(=O)c1cnc(N)nc1N1CCOc2ccc(-c3cnc4sc(N)nc4c3)cc2C1. The highest BCUT2D eigenvalue weighted by molar-refractivity contribution is 7.21. The maximum Gasteiger partial charge on any atom is 0.343 e. The Balaban J connectivity index is 1.51. The van der Waals surface area contributed by atoms with Crippen LogP contribution in [0.25, 0.3) is 21.5 Å². The molecule has 1 aliphatic heterocycles. The molecule has 0 bridgehead atoms. The van der Waals surface area contributed by atoms with Crippen LogP contribution in [0.15, 0.2) is 36.7 Å². The van der Waals surface area contributed by atoms with Crippen LogP contribution in [0.5, 0.6) is 5.75 Å². The number of nitrogens with zero attached hydrogens (tertiary/aromatic N) is 5. The third-order valence-corrected chi connectivity index (χ3v) is 6.03. The van der Waals surface area contributed by atoms with Crippen LogP contribution in [0.4, 0.5) is 16.9 Å². The second kappa shape index (κ2) is 8.51. The first-order valence-corrected chi connectivity index (χ1v) is 11.2. The van der Waals surface area contributed by atoms with E-state index in [4.69, 9.17) is 20.9 Å². The Labute approximate surface area is 193 Å². The van der Waals surface area contributed by atoms with Gasteiger partial charge in [-0.1, -0.05) is 17.4 Å². The molecule has 10 nitrogen and oxygen atoms in total. The zero-order valence-electron chi connectivity index (χ0n) is 17.8. The molecule has 5 rings (SSSR count). The number of hydrogen-bond donors (Lipinski definition) is 2. The number of esters is 1. The molecule has 1 aliphatic rings. The van der Waals surface area contributed by atoms with Crippen LogP contribution in [-0.4, -0.2) is 45.7 Å². The molecule has 0 radical (unpaired) electrons. The van der Waals surface area contributed by atoms with E-state index in [2.05, 4.69) is 19.9 Å². The van der Waals surface area contributed by atoms with Gasteiger partial charge in [-0.25, -0.2) is 19.7 Å². The highest BCUT2D eigenvalue weighted by atomic mass is 32.1. The van der Waals surface area contributed by atoms with Crippen LogP contribution in [-0.2, 0) is 11.3 Å². The number of carbonyl (C=O) groups is 1. The van der Waals surface area contributed by atoms with Crippen molar-refractivity contribution < 1.29 is 14.3 Å². The quantitative estimate of drug-likeness (QED) is 0.434. The molecule has 0 fully saturated rings. The van der Waals surface area contributed by atoms with E-state index in [0.717, 1.165) is 32.8 Å². The average molecular weight is 464 g/mol. The maximum absolute atomic E-state index is 12.5. The van der Waals surface area contributed by atoms with Gasteiger partial charge in [0.25, 0.3) is 0 Å². The molecule has 4 aromatic rings. The monoisotopic (exact) mass is 463 g/mol. The summed E-state index contributed by atoms with van der Waals surface area (Å²) in [5.41, 5.74) is 15.5. The van der Waals surface area contributed by atoms with Gasteiger partial charge in [-0.05, 0) is 30.7 Å². The summed E-state index contributed by atoms with van der Waals surface area (Å²) >= 11 is 1.36. The Morgan fingerprint density at radius 3 is 2.91 bits per heavy atom. The molecule has 0 atom stereocenters. The summed E-state index contributed by atoms with van der Waals surface area (Å²) in [6.45, 7) is 3.40. The number of pyridine rings is 1. The van der Waals surface area contributed by atoms with E-state index in [1.807, 2.05) is 29.2 Å². The van der Waals surface area contributed by atoms with E-state index < -0.39 is 5.97 Å². The zero-order valence-corrected chi connectivity index (χ0v) is 18.6. The van der Waals surface area contributed by atoms with Gasteiger partial charge in [-0.3, -0.25) is 0 Å². The molecule has 0 saturated heterocycles. The van der Waals surface area contributed by atoms with Gasteiger partial charge in [0, 0.05) is 30.1 Å². The first-order chi connectivity index (χ1) is 16.0. The fourth-order valence-corrected chi connectivity index (χ4v) is 4.39. The maximum atomic E-state index is 12.5. The molecule has 11 heteroatoms. The topological polar surface area (TPSA) is 142 Å². The molecular formula is C22H21N7O3S. The molecule has 0 saturated carbocycles. The summed E-state index contributed by atoms with van der Waals surface area (Å²) in [7, 11) is 0. The summed E-state index contributed by atoms with van der Waals surface area (Å²) in [5.74, 6) is 0.782. The van der Waals surface area contributed by atoms with Crippen molar-refractivity contribution in [3.63, 3.8) is 0 Å². The fraction of sp³-hybridized carbons (Fsp3) is 0.227. The number of aromatic nitrogens is 4. The van der Waals surface area contributed by atoms with Crippen LogP contribution >= 0.6 is 11.3 Å². The van der Waals surface area contributed by atoms with Crippen molar-refractivity contribution in [2.24, 2.45) is 0 Å². The molecule has 168 valence electrons. The number of thiazole rings is 1. The van der Waals surface area contributed by atoms with Gasteiger partial charge in [-0.15, -0.1) is 0 Å². The zero-order chi connectivity index (χ0) is 22.9. The van der Waals surface area contributed by atoms with E-state index in [9.17, 15) is 4.79 Å². The van der Waals surface area contributed by atoms with Crippen LogP contribution < -0.4 is 21.1 Å². The predicted molar refractivity (Wildman–Crippen MR) is 126 cm³/mol. The highest BCUT2D eigenvalue weighted by Crippen LogP contribution is 2.33. The lowest BCUT2D eigenvalue weighted by Gasteiger charge is -2.23. The molecule has 0 amide bonds. The van der Waals surface area contributed by atoms with E-state index in [1.54, 1.807) is 13.1 Å². The van der Waals surface area contributed by atoms with Crippen molar-refractivity contribution in [2.75, 3.05) is 36.1 Å².